The van der Waals surface area contributed by atoms with E-state index in [4.69, 9.17) is 4.42 Å². The summed E-state index contributed by atoms with van der Waals surface area (Å²) in [5.74, 6) is 0.0404. The Morgan fingerprint density at radius 1 is 1.19 bits per heavy atom. The Morgan fingerprint density at radius 3 is 2.52 bits per heavy atom. The Balaban J connectivity index is 2.14. The molecule has 2 rings (SSSR count). The summed E-state index contributed by atoms with van der Waals surface area (Å²) in [5, 5.41) is 2.68. The van der Waals surface area contributed by atoms with Gasteiger partial charge in [-0.15, -0.1) is 6.58 Å². The quantitative estimate of drug-likeness (QED) is 0.687. The van der Waals surface area contributed by atoms with E-state index in [0.29, 0.717) is 12.3 Å². The van der Waals surface area contributed by atoms with Gasteiger partial charge in [0, 0.05) is 19.6 Å². The van der Waals surface area contributed by atoms with Crippen LogP contribution in [0.5, 0.6) is 0 Å². The molecule has 0 radical (unpaired) electrons. The summed E-state index contributed by atoms with van der Waals surface area (Å²) in [6.07, 6.45) is 3.11. The van der Waals surface area contributed by atoms with Crippen LogP contribution in [0.4, 0.5) is 9.18 Å². The largest absolute Gasteiger partial charge is 0.467 e. The standard InChI is InChI=1S/C20H24FN3O3/c1-3-11-23(20(26)22-4-2)15-19(25)24(14-18-6-5-12-27-18)13-16-7-9-17(21)10-8-16/h3,5-10,12H,1,4,11,13-15H2,2H3,(H,22,26). The van der Waals surface area contributed by atoms with Gasteiger partial charge in [0.1, 0.15) is 18.1 Å². The van der Waals surface area contributed by atoms with Crippen molar-refractivity contribution in [3.05, 3.63) is 72.5 Å². The molecular formula is C20H24FN3O3. The Kier molecular flexibility index (Phi) is 7.61. The molecule has 0 saturated carbocycles. The molecule has 6 nitrogen and oxygen atoms in total. The number of nitrogens with one attached hydrogen (secondary N) is 1. The SMILES string of the molecule is C=CCN(CC(=O)N(Cc1ccc(F)cc1)Cc1ccco1)C(=O)NCC. The normalized spacial score (nSPS) is 10.3. The van der Waals surface area contributed by atoms with Crippen LogP contribution in [0.25, 0.3) is 0 Å². The van der Waals surface area contributed by atoms with E-state index < -0.39 is 0 Å². The highest BCUT2D eigenvalue weighted by Gasteiger charge is 2.21. The fourth-order valence-corrected chi connectivity index (χ4v) is 2.53. The van der Waals surface area contributed by atoms with E-state index in [-0.39, 0.29) is 43.9 Å². The van der Waals surface area contributed by atoms with Gasteiger partial charge >= 0.3 is 6.03 Å². The number of halogens is 1. The molecule has 144 valence electrons. The van der Waals surface area contributed by atoms with Crippen LogP contribution in [-0.4, -0.2) is 41.4 Å². The number of hydrogen-bond donors (Lipinski definition) is 1. The van der Waals surface area contributed by atoms with Crippen molar-refractivity contribution in [1.29, 1.82) is 0 Å². The molecule has 7 heteroatoms. The molecule has 0 unspecified atom stereocenters. The predicted molar refractivity (Wildman–Crippen MR) is 100 cm³/mol. The number of furan rings is 1. The van der Waals surface area contributed by atoms with Crippen LogP contribution >= 0.6 is 0 Å². The molecule has 0 aliphatic rings. The summed E-state index contributed by atoms with van der Waals surface area (Å²) in [5.41, 5.74) is 0.782. The van der Waals surface area contributed by atoms with Gasteiger partial charge in [0.15, 0.2) is 0 Å². The number of carbonyl (C=O) groups is 2. The van der Waals surface area contributed by atoms with Crippen molar-refractivity contribution in [2.75, 3.05) is 19.6 Å². The highest BCUT2D eigenvalue weighted by Crippen LogP contribution is 2.12. The van der Waals surface area contributed by atoms with Crippen molar-refractivity contribution in [2.24, 2.45) is 0 Å². The number of urea groups is 1. The van der Waals surface area contributed by atoms with Crippen LogP contribution in [0.1, 0.15) is 18.2 Å². The first-order valence-electron chi connectivity index (χ1n) is 8.71. The molecule has 0 aliphatic heterocycles. The Bertz CT molecular complexity index is 744. The van der Waals surface area contributed by atoms with Crippen molar-refractivity contribution in [3.8, 4) is 0 Å². The zero-order valence-electron chi connectivity index (χ0n) is 15.4. The first kappa shape index (κ1) is 20.2. The molecule has 1 heterocycles. The summed E-state index contributed by atoms with van der Waals surface area (Å²) < 4.78 is 18.5. The van der Waals surface area contributed by atoms with Crippen LogP contribution in [0.15, 0.2) is 59.7 Å². The Hall–Kier alpha value is -3.09. The molecule has 1 N–H and O–H groups in total. The number of hydrogen-bond acceptors (Lipinski definition) is 3. The van der Waals surface area contributed by atoms with Crippen molar-refractivity contribution in [2.45, 2.75) is 20.0 Å². The summed E-state index contributed by atoms with van der Waals surface area (Å²) in [6.45, 7) is 6.59. The highest BCUT2D eigenvalue weighted by molar-refractivity contribution is 5.84. The van der Waals surface area contributed by atoms with E-state index in [1.54, 1.807) is 35.2 Å². The summed E-state index contributed by atoms with van der Waals surface area (Å²) in [6, 6.07) is 9.15. The predicted octanol–water partition coefficient (Wildman–Crippen LogP) is 3.17. The average Bonchev–Trinajstić information content (AvgIpc) is 3.16. The lowest BCUT2D eigenvalue weighted by Gasteiger charge is -2.26. The third-order valence-electron chi connectivity index (χ3n) is 3.86. The van der Waals surface area contributed by atoms with E-state index in [2.05, 4.69) is 11.9 Å². The van der Waals surface area contributed by atoms with Crippen molar-refractivity contribution >= 4 is 11.9 Å². The molecule has 2 aromatic rings. The molecule has 0 bridgehead atoms. The summed E-state index contributed by atoms with van der Waals surface area (Å²) in [7, 11) is 0. The van der Waals surface area contributed by atoms with E-state index in [9.17, 15) is 14.0 Å². The zero-order chi connectivity index (χ0) is 19.6. The van der Waals surface area contributed by atoms with Gasteiger partial charge in [-0.1, -0.05) is 18.2 Å². The minimum atomic E-state index is -0.337. The lowest BCUT2D eigenvalue weighted by Crippen LogP contribution is -2.46. The second-order valence-corrected chi connectivity index (χ2v) is 5.96. The lowest BCUT2D eigenvalue weighted by atomic mass is 10.2. The molecule has 0 saturated heterocycles. The third-order valence-corrected chi connectivity index (χ3v) is 3.86. The second kappa shape index (κ2) is 10.2. The molecule has 0 atom stereocenters. The van der Waals surface area contributed by atoms with Gasteiger partial charge in [0.25, 0.3) is 0 Å². The first-order chi connectivity index (χ1) is 13.0. The monoisotopic (exact) mass is 373 g/mol. The maximum absolute atomic E-state index is 13.2. The van der Waals surface area contributed by atoms with Crippen molar-refractivity contribution < 1.29 is 18.4 Å². The lowest BCUT2D eigenvalue weighted by molar-refractivity contribution is -0.133. The molecule has 0 aliphatic carbocycles. The topological polar surface area (TPSA) is 65.8 Å². The van der Waals surface area contributed by atoms with Crippen LogP contribution in [0, 0.1) is 5.82 Å². The van der Waals surface area contributed by atoms with Gasteiger partial charge in [-0.25, -0.2) is 9.18 Å². The maximum atomic E-state index is 13.2. The van der Waals surface area contributed by atoms with Gasteiger partial charge in [-0.2, -0.15) is 0 Å². The molecule has 3 amide bonds. The fraction of sp³-hybridized carbons (Fsp3) is 0.300. The van der Waals surface area contributed by atoms with Gasteiger partial charge in [-0.05, 0) is 36.8 Å². The van der Waals surface area contributed by atoms with Crippen LogP contribution in [-0.2, 0) is 17.9 Å². The third kappa shape index (κ3) is 6.29. The number of benzene rings is 1. The summed E-state index contributed by atoms with van der Waals surface area (Å²) in [4.78, 5) is 28.0. The van der Waals surface area contributed by atoms with Gasteiger partial charge < -0.3 is 19.5 Å². The van der Waals surface area contributed by atoms with E-state index in [1.807, 2.05) is 6.92 Å². The number of nitrogens with zero attached hydrogens (tertiary/aromatic N) is 2. The molecular weight excluding hydrogens is 349 g/mol. The molecule has 0 spiro atoms. The second-order valence-electron chi connectivity index (χ2n) is 5.96. The first-order valence-corrected chi connectivity index (χ1v) is 8.71. The van der Waals surface area contributed by atoms with E-state index in [0.717, 1.165) is 5.56 Å². The zero-order valence-corrected chi connectivity index (χ0v) is 15.4. The smallest absolute Gasteiger partial charge is 0.318 e. The van der Waals surface area contributed by atoms with E-state index in [1.165, 1.54) is 23.3 Å². The minimum absolute atomic E-state index is 0.0975. The number of amides is 3. The van der Waals surface area contributed by atoms with Crippen LogP contribution < -0.4 is 5.32 Å². The van der Waals surface area contributed by atoms with Crippen LogP contribution in [0.2, 0.25) is 0 Å². The number of carbonyl (C=O) groups excluding carboxylic acids is 2. The van der Waals surface area contributed by atoms with Crippen molar-refractivity contribution in [3.63, 3.8) is 0 Å². The van der Waals surface area contributed by atoms with Crippen LogP contribution in [0.3, 0.4) is 0 Å². The Labute approximate surface area is 158 Å². The average molecular weight is 373 g/mol. The Morgan fingerprint density at radius 2 is 1.93 bits per heavy atom. The van der Waals surface area contributed by atoms with Crippen molar-refractivity contribution in [1.82, 2.24) is 15.1 Å². The number of rotatable bonds is 9. The highest BCUT2D eigenvalue weighted by atomic mass is 19.1. The van der Waals surface area contributed by atoms with E-state index >= 15 is 0 Å². The molecule has 0 fully saturated rings. The van der Waals surface area contributed by atoms with Gasteiger partial charge in [0.2, 0.25) is 5.91 Å². The van der Waals surface area contributed by atoms with Gasteiger partial charge in [0.05, 0.1) is 12.8 Å². The molecule has 1 aromatic heterocycles. The minimum Gasteiger partial charge on any atom is -0.467 e. The molecule has 27 heavy (non-hydrogen) atoms. The maximum Gasteiger partial charge on any atom is 0.318 e. The van der Waals surface area contributed by atoms with Gasteiger partial charge in [-0.3, -0.25) is 4.79 Å². The fourth-order valence-electron chi connectivity index (χ4n) is 2.53. The molecule has 1 aromatic carbocycles. The summed E-state index contributed by atoms with van der Waals surface area (Å²) >= 11 is 0.